The summed E-state index contributed by atoms with van der Waals surface area (Å²) in [7, 11) is 0. The lowest BCUT2D eigenvalue weighted by Crippen LogP contribution is -2.12. The molecule has 0 radical (unpaired) electrons. The third-order valence-electron chi connectivity index (χ3n) is 3.71. The summed E-state index contributed by atoms with van der Waals surface area (Å²) in [5, 5.41) is 3.25. The molecular weight excluding hydrogens is 264 g/mol. The average Bonchev–Trinajstić information content (AvgIpc) is 2.86. The number of anilines is 2. The molecule has 2 aromatic heterocycles. The van der Waals surface area contributed by atoms with Crippen molar-refractivity contribution in [2.75, 3.05) is 17.6 Å². The van der Waals surface area contributed by atoms with Gasteiger partial charge in [0.25, 0.3) is 0 Å². The molecule has 0 aliphatic heterocycles. The van der Waals surface area contributed by atoms with Crippen molar-refractivity contribution in [3.8, 4) is 0 Å². The van der Waals surface area contributed by atoms with Gasteiger partial charge < -0.3 is 11.1 Å². The van der Waals surface area contributed by atoms with E-state index in [9.17, 15) is 0 Å². The van der Waals surface area contributed by atoms with E-state index >= 15 is 0 Å². The van der Waals surface area contributed by atoms with Gasteiger partial charge in [-0.15, -0.1) is 0 Å². The molecule has 110 valence electrons. The van der Waals surface area contributed by atoms with Gasteiger partial charge in [0.15, 0.2) is 0 Å². The predicted octanol–water partition coefficient (Wildman–Crippen LogP) is 1.61. The third-order valence-corrected chi connectivity index (χ3v) is 3.71. The van der Waals surface area contributed by atoms with Crippen LogP contribution in [0.4, 0.5) is 11.8 Å². The number of fused-ring (bicyclic) bond motifs is 1. The lowest BCUT2D eigenvalue weighted by atomic mass is 10.2. The monoisotopic (exact) mass is 284 g/mol. The minimum absolute atomic E-state index is 0.294. The second-order valence-electron chi connectivity index (χ2n) is 5.43. The molecule has 0 fully saturated rings. The van der Waals surface area contributed by atoms with Crippen molar-refractivity contribution in [3.05, 3.63) is 34.5 Å². The first-order chi connectivity index (χ1) is 10.1. The molecule has 0 unspecified atom stereocenters. The summed E-state index contributed by atoms with van der Waals surface area (Å²) in [6, 6.07) is 1.88. The third kappa shape index (κ3) is 3.09. The van der Waals surface area contributed by atoms with Crippen LogP contribution in [0.25, 0.3) is 0 Å². The number of nitrogens with two attached hydrogens (primary N) is 1. The van der Waals surface area contributed by atoms with E-state index in [1.807, 2.05) is 13.0 Å². The van der Waals surface area contributed by atoms with E-state index < -0.39 is 0 Å². The fraction of sp³-hybridized carbons (Fsp3) is 0.467. The van der Waals surface area contributed by atoms with Crippen molar-refractivity contribution >= 4 is 11.8 Å². The Bertz CT molecular complexity index is 647. The molecule has 2 heterocycles. The van der Waals surface area contributed by atoms with Crippen LogP contribution in [0.3, 0.4) is 0 Å². The van der Waals surface area contributed by atoms with Gasteiger partial charge in [-0.1, -0.05) is 0 Å². The molecular formula is C15H20N6. The Balaban J connectivity index is 1.64. The van der Waals surface area contributed by atoms with Crippen LogP contribution in [0.5, 0.6) is 0 Å². The zero-order chi connectivity index (χ0) is 14.8. The highest BCUT2D eigenvalue weighted by atomic mass is 15.1. The Morgan fingerprint density at radius 1 is 1.14 bits per heavy atom. The lowest BCUT2D eigenvalue weighted by molar-refractivity contribution is 0.845. The Hall–Kier alpha value is -2.24. The molecule has 3 rings (SSSR count). The van der Waals surface area contributed by atoms with Crippen molar-refractivity contribution in [2.45, 2.75) is 39.5 Å². The van der Waals surface area contributed by atoms with E-state index in [0.717, 1.165) is 48.8 Å². The van der Waals surface area contributed by atoms with Crippen LogP contribution >= 0.6 is 0 Å². The fourth-order valence-electron chi connectivity index (χ4n) is 2.78. The van der Waals surface area contributed by atoms with E-state index in [1.165, 1.54) is 17.7 Å². The largest absolute Gasteiger partial charge is 0.369 e. The number of nitrogens with zero attached hydrogens (tertiary/aromatic N) is 4. The Morgan fingerprint density at radius 2 is 2.00 bits per heavy atom. The Labute approximate surface area is 124 Å². The molecule has 0 saturated heterocycles. The number of rotatable bonds is 4. The van der Waals surface area contributed by atoms with Crippen LogP contribution < -0.4 is 11.1 Å². The van der Waals surface area contributed by atoms with E-state index in [1.54, 1.807) is 0 Å². The quantitative estimate of drug-likeness (QED) is 0.886. The van der Waals surface area contributed by atoms with Gasteiger partial charge in [-0.2, -0.15) is 4.98 Å². The topological polar surface area (TPSA) is 89.6 Å². The van der Waals surface area contributed by atoms with Crippen molar-refractivity contribution < 1.29 is 0 Å². The van der Waals surface area contributed by atoms with E-state index in [2.05, 4.69) is 32.2 Å². The molecule has 0 bridgehead atoms. The standard InChI is InChI=1S/C15H20N6/c1-9-8-14(21-15(16)18-9)17-7-6-13-19-10(2)11-4-3-5-12(11)20-13/h8H,3-7H2,1-2H3,(H3,16,17,18,21). The fourth-order valence-corrected chi connectivity index (χ4v) is 2.78. The van der Waals surface area contributed by atoms with Gasteiger partial charge in [0.1, 0.15) is 11.6 Å². The molecule has 1 aliphatic rings. The van der Waals surface area contributed by atoms with Gasteiger partial charge in [0, 0.05) is 36.1 Å². The Kier molecular flexibility index (Phi) is 3.68. The zero-order valence-corrected chi connectivity index (χ0v) is 12.5. The van der Waals surface area contributed by atoms with Gasteiger partial charge in [-0.3, -0.25) is 0 Å². The molecule has 0 spiro atoms. The van der Waals surface area contributed by atoms with Crippen LogP contribution in [-0.4, -0.2) is 26.5 Å². The number of aryl methyl sites for hydroxylation is 3. The second kappa shape index (κ2) is 5.63. The molecule has 1 aliphatic carbocycles. The molecule has 3 N–H and O–H groups in total. The number of nitrogens with one attached hydrogen (secondary N) is 1. The molecule has 0 aromatic carbocycles. The lowest BCUT2D eigenvalue weighted by Gasteiger charge is -2.09. The van der Waals surface area contributed by atoms with Crippen molar-refractivity contribution in [1.29, 1.82) is 0 Å². The molecule has 6 heteroatoms. The van der Waals surface area contributed by atoms with Gasteiger partial charge in [0.05, 0.1) is 0 Å². The predicted molar refractivity (Wildman–Crippen MR) is 82.2 cm³/mol. The maximum Gasteiger partial charge on any atom is 0.222 e. The zero-order valence-electron chi connectivity index (χ0n) is 12.5. The number of nitrogen functional groups attached to an aromatic ring is 1. The first-order valence-electron chi connectivity index (χ1n) is 7.32. The molecule has 0 amide bonds. The highest BCUT2D eigenvalue weighted by Crippen LogP contribution is 2.22. The average molecular weight is 284 g/mol. The highest BCUT2D eigenvalue weighted by molar-refractivity contribution is 5.40. The molecule has 0 saturated carbocycles. The maximum atomic E-state index is 5.64. The summed E-state index contributed by atoms with van der Waals surface area (Å²) >= 11 is 0. The van der Waals surface area contributed by atoms with Crippen molar-refractivity contribution in [2.24, 2.45) is 0 Å². The van der Waals surface area contributed by atoms with Gasteiger partial charge >= 0.3 is 0 Å². The van der Waals surface area contributed by atoms with E-state index in [0.29, 0.717) is 5.95 Å². The first kappa shape index (κ1) is 13.7. The maximum absolute atomic E-state index is 5.64. The number of hydrogen-bond acceptors (Lipinski definition) is 6. The minimum atomic E-state index is 0.294. The molecule has 0 atom stereocenters. The minimum Gasteiger partial charge on any atom is -0.369 e. The SMILES string of the molecule is Cc1cc(NCCc2nc(C)c3c(n2)CCC3)nc(N)n1. The molecule has 6 nitrogen and oxygen atoms in total. The van der Waals surface area contributed by atoms with Crippen LogP contribution in [-0.2, 0) is 19.3 Å². The van der Waals surface area contributed by atoms with Crippen LogP contribution in [0.15, 0.2) is 6.07 Å². The summed E-state index contributed by atoms with van der Waals surface area (Å²) in [5.41, 5.74) is 10.2. The summed E-state index contributed by atoms with van der Waals surface area (Å²) in [6.45, 7) is 4.71. The highest BCUT2D eigenvalue weighted by Gasteiger charge is 2.16. The summed E-state index contributed by atoms with van der Waals surface area (Å²) in [6.07, 6.45) is 4.18. The Morgan fingerprint density at radius 3 is 2.81 bits per heavy atom. The van der Waals surface area contributed by atoms with E-state index in [-0.39, 0.29) is 0 Å². The van der Waals surface area contributed by atoms with Crippen LogP contribution in [0.1, 0.15) is 34.9 Å². The molecule has 21 heavy (non-hydrogen) atoms. The van der Waals surface area contributed by atoms with Crippen LogP contribution in [0, 0.1) is 13.8 Å². The second-order valence-corrected chi connectivity index (χ2v) is 5.43. The summed E-state index contributed by atoms with van der Waals surface area (Å²) in [4.78, 5) is 17.5. The normalized spacial score (nSPS) is 13.2. The summed E-state index contributed by atoms with van der Waals surface area (Å²) < 4.78 is 0. The first-order valence-corrected chi connectivity index (χ1v) is 7.32. The summed E-state index contributed by atoms with van der Waals surface area (Å²) in [5.74, 6) is 1.94. The number of aromatic nitrogens is 4. The van der Waals surface area contributed by atoms with Crippen molar-refractivity contribution in [1.82, 2.24) is 19.9 Å². The smallest absolute Gasteiger partial charge is 0.222 e. The number of hydrogen-bond donors (Lipinski definition) is 2. The molecule has 2 aromatic rings. The van der Waals surface area contributed by atoms with Gasteiger partial charge in [-0.05, 0) is 38.7 Å². The van der Waals surface area contributed by atoms with E-state index in [4.69, 9.17) is 5.73 Å². The van der Waals surface area contributed by atoms with Crippen LogP contribution in [0.2, 0.25) is 0 Å². The van der Waals surface area contributed by atoms with Gasteiger partial charge in [0.2, 0.25) is 5.95 Å². The van der Waals surface area contributed by atoms with Gasteiger partial charge in [-0.25, -0.2) is 15.0 Å². The van der Waals surface area contributed by atoms with Crippen molar-refractivity contribution in [3.63, 3.8) is 0 Å².